The smallest absolute Gasteiger partial charge is 0.261 e. The Morgan fingerprint density at radius 1 is 1.35 bits per heavy atom. The van der Waals surface area contributed by atoms with Gasteiger partial charge in [0.25, 0.3) is 5.91 Å². The van der Waals surface area contributed by atoms with E-state index in [9.17, 15) is 4.79 Å². The molecule has 1 N–H and O–H groups in total. The van der Waals surface area contributed by atoms with Crippen LogP contribution in [0.1, 0.15) is 32.6 Å². The lowest BCUT2D eigenvalue weighted by molar-refractivity contribution is -0.128. The minimum Gasteiger partial charge on any atom is -0.463 e. The van der Waals surface area contributed by atoms with Gasteiger partial charge < -0.3 is 10.1 Å². The average molecular weight is 378 g/mol. The molecule has 1 amide bonds. The van der Waals surface area contributed by atoms with E-state index in [1.807, 2.05) is 36.5 Å². The van der Waals surface area contributed by atoms with Gasteiger partial charge in [0.2, 0.25) is 5.88 Å². The lowest BCUT2D eigenvalue weighted by Crippen LogP contribution is -2.41. The fraction of sp³-hybridized carbons (Fsp3) is 0.412. The summed E-state index contributed by atoms with van der Waals surface area (Å²) in [7, 11) is 0. The van der Waals surface area contributed by atoms with E-state index < -0.39 is 6.10 Å². The monoisotopic (exact) mass is 377 g/mol. The first-order valence-corrected chi connectivity index (χ1v) is 8.70. The van der Waals surface area contributed by atoms with Crippen LogP contribution in [0.5, 0.6) is 5.88 Å². The van der Waals surface area contributed by atoms with E-state index in [0.717, 1.165) is 23.0 Å². The highest BCUT2D eigenvalue weighted by molar-refractivity contribution is 9.10. The Labute approximate surface area is 144 Å². The van der Waals surface area contributed by atoms with Crippen LogP contribution in [0, 0.1) is 0 Å². The van der Waals surface area contributed by atoms with E-state index >= 15 is 0 Å². The number of hydrogen-bond donors (Lipinski definition) is 1. The fourth-order valence-electron chi connectivity index (χ4n) is 2.74. The van der Waals surface area contributed by atoms with Crippen LogP contribution in [0.3, 0.4) is 0 Å². The van der Waals surface area contributed by atoms with Crippen molar-refractivity contribution in [2.45, 2.75) is 44.8 Å². The lowest BCUT2D eigenvalue weighted by atomic mass is 10.2. The van der Waals surface area contributed by atoms with Crippen molar-refractivity contribution in [2.75, 3.05) is 0 Å². The van der Waals surface area contributed by atoms with Gasteiger partial charge in [0, 0.05) is 12.2 Å². The minimum atomic E-state index is -0.578. The number of nitrogens with one attached hydrogen (secondary N) is 1. The van der Waals surface area contributed by atoms with Crippen LogP contribution in [-0.2, 0) is 4.79 Å². The molecular formula is C17H20BrN3O2. The Morgan fingerprint density at radius 2 is 2.04 bits per heavy atom. The highest BCUT2D eigenvalue weighted by Crippen LogP contribution is 2.25. The van der Waals surface area contributed by atoms with Gasteiger partial charge in [-0.25, -0.2) is 4.68 Å². The number of benzene rings is 1. The summed E-state index contributed by atoms with van der Waals surface area (Å²) in [5.41, 5.74) is 0.936. The first-order valence-electron chi connectivity index (χ1n) is 7.91. The number of carbonyl (C=O) groups is 1. The van der Waals surface area contributed by atoms with E-state index in [-0.39, 0.29) is 5.91 Å². The molecule has 1 atom stereocenters. The molecule has 1 heterocycles. The first-order chi connectivity index (χ1) is 11.1. The summed E-state index contributed by atoms with van der Waals surface area (Å²) in [5, 5.41) is 7.44. The van der Waals surface area contributed by atoms with Gasteiger partial charge in [-0.05, 0) is 47.8 Å². The Hall–Kier alpha value is -1.82. The van der Waals surface area contributed by atoms with Crippen LogP contribution in [0.25, 0.3) is 5.69 Å². The van der Waals surface area contributed by atoms with Crippen LogP contribution < -0.4 is 10.1 Å². The van der Waals surface area contributed by atoms with Crippen molar-refractivity contribution in [1.82, 2.24) is 15.1 Å². The second kappa shape index (κ2) is 7.17. The van der Waals surface area contributed by atoms with Gasteiger partial charge in [0.1, 0.15) is 0 Å². The zero-order valence-corrected chi connectivity index (χ0v) is 14.6. The number of amides is 1. The molecule has 1 aliphatic rings. The highest BCUT2D eigenvalue weighted by atomic mass is 79.9. The van der Waals surface area contributed by atoms with Crippen molar-refractivity contribution in [3.63, 3.8) is 0 Å². The zero-order chi connectivity index (χ0) is 16.2. The largest absolute Gasteiger partial charge is 0.463 e. The number of ether oxygens (including phenoxy) is 1. The van der Waals surface area contributed by atoms with Gasteiger partial charge in [-0.15, -0.1) is 5.10 Å². The number of hydrogen-bond acceptors (Lipinski definition) is 3. The molecule has 1 aromatic carbocycles. The molecule has 1 saturated carbocycles. The molecule has 0 saturated heterocycles. The molecule has 1 aromatic heterocycles. The van der Waals surface area contributed by atoms with E-state index in [0.29, 0.717) is 11.9 Å². The van der Waals surface area contributed by atoms with Crippen molar-refractivity contribution >= 4 is 21.8 Å². The van der Waals surface area contributed by atoms with Gasteiger partial charge in [0.05, 0.1) is 10.2 Å². The molecule has 122 valence electrons. The maximum Gasteiger partial charge on any atom is 0.261 e. The average Bonchev–Trinajstić information content (AvgIpc) is 3.18. The molecule has 1 fully saturated rings. The quantitative estimate of drug-likeness (QED) is 0.867. The molecule has 23 heavy (non-hydrogen) atoms. The van der Waals surface area contributed by atoms with Crippen molar-refractivity contribution in [3.8, 4) is 11.6 Å². The lowest BCUT2D eigenvalue weighted by Gasteiger charge is -2.17. The van der Waals surface area contributed by atoms with E-state index in [2.05, 4.69) is 26.3 Å². The molecular weight excluding hydrogens is 358 g/mol. The molecule has 0 radical (unpaired) electrons. The maximum atomic E-state index is 12.2. The van der Waals surface area contributed by atoms with Crippen molar-refractivity contribution in [3.05, 3.63) is 41.0 Å². The predicted molar refractivity (Wildman–Crippen MR) is 91.8 cm³/mol. The van der Waals surface area contributed by atoms with Crippen LogP contribution in [0.15, 0.2) is 41.0 Å². The summed E-state index contributed by atoms with van der Waals surface area (Å²) in [5.74, 6) is 0.334. The van der Waals surface area contributed by atoms with Crippen molar-refractivity contribution < 1.29 is 9.53 Å². The summed E-state index contributed by atoms with van der Waals surface area (Å²) in [6.07, 6.45) is 5.74. The standard InChI is InChI=1S/C17H20BrN3O2/c1-12(16(22)19-13-7-5-6-8-13)23-17-15(18)11-21(20-17)14-9-3-2-4-10-14/h2-4,9-13H,5-8H2,1H3,(H,19,22)/t12-/m1/s1. The summed E-state index contributed by atoms with van der Waals surface area (Å²) in [6, 6.07) is 10.1. The molecule has 0 unspecified atom stereocenters. The van der Waals surface area contributed by atoms with E-state index in [4.69, 9.17) is 4.74 Å². The van der Waals surface area contributed by atoms with Crippen molar-refractivity contribution in [1.29, 1.82) is 0 Å². The van der Waals surface area contributed by atoms with Gasteiger partial charge in [0.15, 0.2) is 6.10 Å². The number of nitrogens with zero attached hydrogens (tertiary/aromatic N) is 2. The Morgan fingerprint density at radius 3 is 2.74 bits per heavy atom. The van der Waals surface area contributed by atoms with Gasteiger partial charge in [-0.3, -0.25) is 4.79 Å². The molecule has 1 aliphatic carbocycles. The molecule has 0 bridgehead atoms. The normalized spacial score (nSPS) is 16.3. The number of rotatable bonds is 5. The highest BCUT2D eigenvalue weighted by Gasteiger charge is 2.23. The molecule has 0 spiro atoms. The number of para-hydroxylation sites is 1. The zero-order valence-electron chi connectivity index (χ0n) is 13.0. The first kappa shape index (κ1) is 16.1. The third kappa shape index (κ3) is 3.93. The van der Waals surface area contributed by atoms with Gasteiger partial charge in [-0.2, -0.15) is 0 Å². The molecule has 6 heteroatoms. The number of halogens is 1. The Bertz CT molecular complexity index is 666. The number of aromatic nitrogens is 2. The maximum absolute atomic E-state index is 12.2. The summed E-state index contributed by atoms with van der Waals surface area (Å²) in [4.78, 5) is 12.2. The van der Waals surface area contributed by atoms with Gasteiger partial charge >= 0.3 is 0 Å². The van der Waals surface area contributed by atoms with Crippen LogP contribution >= 0.6 is 15.9 Å². The van der Waals surface area contributed by atoms with Crippen molar-refractivity contribution in [2.24, 2.45) is 0 Å². The molecule has 0 aliphatic heterocycles. The second-order valence-electron chi connectivity index (χ2n) is 5.81. The Kier molecular flexibility index (Phi) is 5.00. The molecule has 2 aromatic rings. The predicted octanol–water partition coefficient (Wildman–Crippen LogP) is 3.46. The van der Waals surface area contributed by atoms with Crippen LogP contribution in [0.2, 0.25) is 0 Å². The SMILES string of the molecule is C[C@@H](Oc1nn(-c2ccccc2)cc1Br)C(=O)NC1CCCC1. The summed E-state index contributed by atoms with van der Waals surface area (Å²) >= 11 is 3.44. The summed E-state index contributed by atoms with van der Waals surface area (Å²) in [6.45, 7) is 1.75. The topological polar surface area (TPSA) is 56.2 Å². The summed E-state index contributed by atoms with van der Waals surface area (Å²) < 4.78 is 8.18. The molecule has 5 nitrogen and oxygen atoms in total. The fourth-order valence-corrected chi connectivity index (χ4v) is 3.11. The second-order valence-corrected chi connectivity index (χ2v) is 6.67. The van der Waals surface area contributed by atoms with E-state index in [1.165, 1.54) is 12.8 Å². The number of carbonyl (C=O) groups excluding carboxylic acids is 1. The third-order valence-corrected chi connectivity index (χ3v) is 4.56. The van der Waals surface area contributed by atoms with Crippen LogP contribution in [0.4, 0.5) is 0 Å². The molecule has 3 rings (SSSR count). The Balaban J connectivity index is 1.65. The minimum absolute atomic E-state index is 0.0851. The van der Waals surface area contributed by atoms with Crippen LogP contribution in [-0.4, -0.2) is 27.8 Å². The van der Waals surface area contributed by atoms with E-state index in [1.54, 1.807) is 11.6 Å². The van der Waals surface area contributed by atoms with Gasteiger partial charge in [-0.1, -0.05) is 31.0 Å². The third-order valence-electron chi connectivity index (χ3n) is 4.02.